The van der Waals surface area contributed by atoms with Gasteiger partial charge in [-0.1, -0.05) is 31.2 Å². The SMILES string of the molecule is CNC(=O)C(C)CN(C)Cc1cccc(-c2cccnc2)c1. The van der Waals surface area contributed by atoms with E-state index in [2.05, 4.69) is 45.5 Å². The van der Waals surface area contributed by atoms with E-state index in [1.807, 2.05) is 26.2 Å². The van der Waals surface area contributed by atoms with Crippen LogP contribution in [0, 0.1) is 5.92 Å². The molecule has 4 nitrogen and oxygen atoms in total. The molecule has 0 aliphatic heterocycles. The van der Waals surface area contributed by atoms with Gasteiger partial charge in [0.25, 0.3) is 0 Å². The lowest BCUT2D eigenvalue weighted by atomic mass is 10.0. The Labute approximate surface area is 132 Å². The molecule has 1 N–H and O–H groups in total. The van der Waals surface area contributed by atoms with Crippen LogP contribution in [0.3, 0.4) is 0 Å². The van der Waals surface area contributed by atoms with E-state index < -0.39 is 0 Å². The fraction of sp³-hybridized carbons (Fsp3) is 0.333. The summed E-state index contributed by atoms with van der Waals surface area (Å²) in [6, 6.07) is 12.4. The molecule has 0 aliphatic rings. The summed E-state index contributed by atoms with van der Waals surface area (Å²) in [4.78, 5) is 17.9. The van der Waals surface area contributed by atoms with Crippen LogP contribution in [0.1, 0.15) is 12.5 Å². The molecule has 0 bridgehead atoms. The van der Waals surface area contributed by atoms with Gasteiger partial charge in [0.1, 0.15) is 0 Å². The molecule has 1 amide bonds. The van der Waals surface area contributed by atoms with Gasteiger partial charge in [0.05, 0.1) is 0 Å². The molecule has 0 saturated carbocycles. The highest BCUT2D eigenvalue weighted by Gasteiger charge is 2.13. The zero-order chi connectivity index (χ0) is 15.9. The molecule has 0 saturated heterocycles. The molecule has 2 aromatic rings. The second-order valence-electron chi connectivity index (χ2n) is 5.65. The molecule has 2 rings (SSSR count). The van der Waals surface area contributed by atoms with Gasteiger partial charge in [-0.25, -0.2) is 0 Å². The van der Waals surface area contributed by atoms with Crippen LogP contribution in [-0.4, -0.2) is 36.4 Å². The van der Waals surface area contributed by atoms with Crippen molar-refractivity contribution in [3.63, 3.8) is 0 Å². The lowest BCUT2D eigenvalue weighted by Gasteiger charge is -2.20. The third-order valence-electron chi connectivity index (χ3n) is 3.65. The van der Waals surface area contributed by atoms with Crippen molar-refractivity contribution in [3.05, 3.63) is 54.4 Å². The maximum absolute atomic E-state index is 11.6. The number of aromatic nitrogens is 1. The number of nitrogens with one attached hydrogen (secondary N) is 1. The summed E-state index contributed by atoms with van der Waals surface area (Å²) in [5.74, 6) is 0.0625. The predicted molar refractivity (Wildman–Crippen MR) is 89.2 cm³/mol. The summed E-state index contributed by atoms with van der Waals surface area (Å²) in [5.41, 5.74) is 3.51. The summed E-state index contributed by atoms with van der Waals surface area (Å²) >= 11 is 0. The number of nitrogens with zero attached hydrogens (tertiary/aromatic N) is 2. The fourth-order valence-corrected chi connectivity index (χ4v) is 2.56. The summed E-state index contributed by atoms with van der Waals surface area (Å²) in [7, 11) is 3.71. The average Bonchev–Trinajstić information content (AvgIpc) is 2.55. The van der Waals surface area contributed by atoms with Crippen molar-refractivity contribution in [1.29, 1.82) is 0 Å². The van der Waals surface area contributed by atoms with Crippen molar-refractivity contribution in [2.45, 2.75) is 13.5 Å². The van der Waals surface area contributed by atoms with E-state index in [1.54, 1.807) is 13.2 Å². The van der Waals surface area contributed by atoms with E-state index in [4.69, 9.17) is 0 Å². The van der Waals surface area contributed by atoms with Gasteiger partial charge in [0, 0.05) is 38.4 Å². The third kappa shape index (κ3) is 4.40. The Bertz CT molecular complexity index is 613. The lowest BCUT2D eigenvalue weighted by molar-refractivity contribution is -0.124. The van der Waals surface area contributed by atoms with Gasteiger partial charge in [0.15, 0.2) is 0 Å². The highest BCUT2D eigenvalue weighted by Crippen LogP contribution is 2.20. The van der Waals surface area contributed by atoms with Crippen molar-refractivity contribution in [2.75, 3.05) is 20.6 Å². The van der Waals surface area contributed by atoms with Gasteiger partial charge < -0.3 is 10.2 Å². The predicted octanol–water partition coefficient (Wildman–Crippen LogP) is 2.56. The second kappa shape index (κ2) is 7.71. The number of carbonyl (C=O) groups is 1. The maximum atomic E-state index is 11.6. The van der Waals surface area contributed by atoms with Gasteiger partial charge in [-0.05, 0) is 35.9 Å². The number of hydrogen-bond acceptors (Lipinski definition) is 3. The van der Waals surface area contributed by atoms with Crippen LogP contribution in [0.15, 0.2) is 48.8 Å². The van der Waals surface area contributed by atoms with Crippen LogP contribution in [0.4, 0.5) is 0 Å². The van der Waals surface area contributed by atoms with Crippen molar-refractivity contribution in [2.24, 2.45) is 5.92 Å². The number of rotatable bonds is 6. The summed E-state index contributed by atoms with van der Waals surface area (Å²) < 4.78 is 0. The molecule has 0 aliphatic carbocycles. The van der Waals surface area contributed by atoms with Crippen molar-refractivity contribution in [1.82, 2.24) is 15.2 Å². The van der Waals surface area contributed by atoms with Crippen LogP contribution in [-0.2, 0) is 11.3 Å². The van der Waals surface area contributed by atoms with Gasteiger partial charge in [-0.2, -0.15) is 0 Å². The van der Waals surface area contributed by atoms with Crippen LogP contribution >= 0.6 is 0 Å². The van der Waals surface area contributed by atoms with Crippen LogP contribution in [0.5, 0.6) is 0 Å². The van der Waals surface area contributed by atoms with Crippen molar-refractivity contribution < 1.29 is 4.79 Å². The Morgan fingerprint density at radius 1 is 1.27 bits per heavy atom. The zero-order valence-electron chi connectivity index (χ0n) is 13.4. The second-order valence-corrected chi connectivity index (χ2v) is 5.65. The Balaban J connectivity index is 2.03. The van der Waals surface area contributed by atoms with Gasteiger partial charge in [-0.15, -0.1) is 0 Å². The van der Waals surface area contributed by atoms with Gasteiger partial charge in [0.2, 0.25) is 5.91 Å². The molecule has 0 spiro atoms. The van der Waals surface area contributed by atoms with Gasteiger partial charge >= 0.3 is 0 Å². The molecule has 1 aromatic heterocycles. The summed E-state index contributed by atoms with van der Waals surface area (Å²) in [5, 5.41) is 2.69. The van der Waals surface area contributed by atoms with Gasteiger partial charge in [-0.3, -0.25) is 9.78 Å². The highest BCUT2D eigenvalue weighted by atomic mass is 16.1. The maximum Gasteiger partial charge on any atom is 0.223 e. The molecule has 1 unspecified atom stereocenters. The summed E-state index contributed by atoms with van der Waals surface area (Å²) in [6.07, 6.45) is 3.65. The minimum absolute atomic E-state index is 0.0171. The molecular formula is C18H23N3O. The smallest absolute Gasteiger partial charge is 0.223 e. The Morgan fingerprint density at radius 2 is 2.05 bits per heavy atom. The Morgan fingerprint density at radius 3 is 2.73 bits per heavy atom. The van der Waals surface area contributed by atoms with Crippen LogP contribution in [0.25, 0.3) is 11.1 Å². The topological polar surface area (TPSA) is 45.2 Å². The standard InChI is InChI=1S/C18H23N3O/c1-14(18(22)19-2)12-21(3)13-15-6-4-7-16(10-15)17-8-5-9-20-11-17/h4-11,14H,12-13H2,1-3H3,(H,19,22). The van der Waals surface area contributed by atoms with E-state index in [0.717, 1.165) is 18.7 Å². The number of carbonyl (C=O) groups excluding carboxylic acids is 1. The number of hydrogen-bond donors (Lipinski definition) is 1. The third-order valence-corrected chi connectivity index (χ3v) is 3.65. The minimum atomic E-state index is -0.0171. The minimum Gasteiger partial charge on any atom is -0.359 e. The molecular weight excluding hydrogens is 274 g/mol. The quantitative estimate of drug-likeness (QED) is 0.891. The Hall–Kier alpha value is -2.20. The largest absolute Gasteiger partial charge is 0.359 e. The summed E-state index contributed by atoms with van der Waals surface area (Å²) in [6.45, 7) is 3.49. The first kappa shape index (κ1) is 16.2. The molecule has 1 heterocycles. The zero-order valence-corrected chi connectivity index (χ0v) is 13.4. The fourth-order valence-electron chi connectivity index (χ4n) is 2.56. The van der Waals surface area contributed by atoms with E-state index in [1.165, 1.54) is 11.1 Å². The first-order valence-electron chi connectivity index (χ1n) is 7.49. The van der Waals surface area contributed by atoms with E-state index >= 15 is 0 Å². The first-order chi connectivity index (χ1) is 10.6. The molecule has 0 fully saturated rings. The molecule has 1 aromatic carbocycles. The molecule has 22 heavy (non-hydrogen) atoms. The number of benzene rings is 1. The molecule has 4 heteroatoms. The number of amides is 1. The lowest BCUT2D eigenvalue weighted by Crippen LogP contribution is -2.34. The van der Waals surface area contributed by atoms with Crippen molar-refractivity contribution in [3.8, 4) is 11.1 Å². The molecule has 1 atom stereocenters. The van der Waals surface area contributed by atoms with Crippen LogP contribution < -0.4 is 5.32 Å². The molecule has 116 valence electrons. The average molecular weight is 297 g/mol. The Kier molecular flexibility index (Phi) is 5.67. The normalized spacial score (nSPS) is 12.2. The van der Waals surface area contributed by atoms with Crippen LogP contribution in [0.2, 0.25) is 0 Å². The van der Waals surface area contributed by atoms with E-state index in [0.29, 0.717) is 0 Å². The van der Waals surface area contributed by atoms with E-state index in [-0.39, 0.29) is 11.8 Å². The van der Waals surface area contributed by atoms with Crippen molar-refractivity contribution >= 4 is 5.91 Å². The number of pyridine rings is 1. The molecule has 0 radical (unpaired) electrons. The van der Waals surface area contributed by atoms with E-state index in [9.17, 15) is 4.79 Å². The highest BCUT2D eigenvalue weighted by molar-refractivity contribution is 5.78. The monoisotopic (exact) mass is 297 g/mol. The first-order valence-corrected chi connectivity index (χ1v) is 7.49.